The Morgan fingerprint density at radius 3 is 2.59 bits per heavy atom. The molecule has 2 unspecified atom stereocenters. The average Bonchev–Trinajstić information content (AvgIpc) is 3.01. The van der Waals surface area contributed by atoms with Crippen LogP contribution in [0.1, 0.15) is 32.5 Å². The predicted octanol–water partition coefficient (Wildman–Crippen LogP) is 0.137. The van der Waals surface area contributed by atoms with Crippen LogP contribution in [-0.4, -0.2) is 68.4 Å². The van der Waals surface area contributed by atoms with Crippen LogP contribution in [0, 0.1) is 11.8 Å². The molecule has 10 heteroatoms. The maximum atomic E-state index is 11.9. The minimum atomic E-state index is -0.872. The maximum absolute atomic E-state index is 11.9. The van der Waals surface area contributed by atoms with Crippen LogP contribution in [0.4, 0.5) is 5.95 Å². The number of carbonyl (C=O) groups is 3. The quantitative estimate of drug-likeness (QED) is 0.692. The number of likely N-dealkylation sites (tertiary alicyclic amines) is 1. The van der Waals surface area contributed by atoms with Crippen LogP contribution in [0.3, 0.4) is 0 Å². The maximum Gasteiger partial charge on any atom is 0.309 e. The number of carboxylic acids is 1. The van der Waals surface area contributed by atoms with E-state index in [0.29, 0.717) is 44.9 Å². The third kappa shape index (κ3) is 4.26. The van der Waals surface area contributed by atoms with E-state index in [1.165, 1.54) is 6.92 Å². The summed E-state index contributed by atoms with van der Waals surface area (Å²) in [5.74, 6) is -1.29. The second kappa shape index (κ2) is 8.03. The lowest BCUT2D eigenvalue weighted by atomic mass is 9.88. The van der Waals surface area contributed by atoms with Crippen molar-refractivity contribution in [3.63, 3.8) is 0 Å². The van der Waals surface area contributed by atoms with Gasteiger partial charge in [-0.2, -0.15) is 4.98 Å². The molecule has 1 fully saturated rings. The molecule has 2 N–H and O–H groups in total. The monoisotopic (exact) mass is 379 g/mol. The summed E-state index contributed by atoms with van der Waals surface area (Å²) in [7, 11) is 0. The van der Waals surface area contributed by atoms with Crippen LogP contribution in [0.15, 0.2) is 0 Å². The van der Waals surface area contributed by atoms with Gasteiger partial charge in [-0.1, -0.05) is 0 Å². The Hall–Kier alpha value is -2.49. The van der Waals surface area contributed by atoms with Crippen LogP contribution in [0.5, 0.6) is 0 Å². The molecule has 10 nitrogen and oxygen atoms in total. The van der Waals surface area contributed by atoms with Gasteiger partial charge in [-0.05, 0) is 32.9 Å². The minimum Gasteiger partial charge on any atom is -0.481 e. The van der Waals surface area contributed by atoms with Gasteiger partial charge < -0.3 is 9.84 Å². The third-order valence-electron chi connectivity index (χ3n) is 5.20. The highest BCUT2D eigenvalue weighted by Crippen LogP contribution is 2.29. The molecular formula is C17H25N5O5. The summed E-state index contributed by atoms with van der Waals surface area (Å²) in [6.07, 6.45) is 1.57. The first kappa shape index (κ1) is 19.3. The molecule has 0 saturated carbocycles. The number of ether oxygens (including phenoxy) is 1. The first-order chi connectivity index (χ1) is 12.9. The molecule has 1 aromatic rings. The number of carboxylic acid groups (broad SMARTS) is 1. The summed E-state index contributed by atoms with van der Waals surface area (Å²) in [5, 5.41) is 16.5. The Morgan fingerprint density at radius 2 is 2.00 bits per heavy atom. The van der Waals surface area contributed by atoms with Crippen molar-refractivity contribution in [3.05, 3.63) is 5.82 Å². The number of amides is 1. The summed E-state index contributed by atoms with van der Waals surface area (Å²) in [5.41, 5.74) is 0. The van der Waals surface area contributed by atoms with E-state index in [1.54, 1.807) is 11.6 Å². The number of esters is 1. The van der Waals surface area contributed by atoms with E-state index in [4.69, 9.17) is 4.74 Å². The van der Waals surface area contributed by atoms with Crippen molar-refractivity contribution in [2.24, 2.45) is 11.8 Å². The fourth-order valence-electron chi connectivity index (χ4n) is 3.87. The molecule has 3 rings (SSSR count). The molecule has 0 radical (unpaired) electrons. The zero-order valence-corrected chi connectivity index (χ0v) is 15.6. The Balaban J connectivity index is 1.71. The van der Waals surface area contributed by atoms with Crippen molar-refractivity contribution in [3.8, 4) is 0 Å². The van der Waals surface area contributed by atoms with Crippen LogP contribution in [-0.2, 0) is 32.1 Å². The van der Waals surface area contributed by atoms with E-state index in [9.17, 15) is 19.5 Å². The van der Waals surface area contributed by atoms with Gasteiger partial charge in [0.1, 0.15) is 5.82 Å². The van der Waals surface area contributed by atoms with E-state index >= 15 is 0 Å². The highest BCUT2D eigenvalue weighted by atomic mass is 16.5. The highest BCUT2D eigenvalue weighted by Gasteiger charge is 2.40. The van der Waals surface area contributed by atoms with Crippen LogP contribution in [0.25, 0.3) is 0 Å². The predicted molar refractivity (Wildman–Crippen MR) is 93.9 cm³/mol. The van der Waals surface area contributed by atoms with Crippen LogP contribution in [0.2, 0.25) is 0 Å². The largest absolute Gasteiger partial charge is 0.481 e. The zero-order valence-electron chi connectivity index (χ0n) is 15.6. The molecule has 27 heavy (non-hydrogen) atoms. The van der Waals surface area contributed by atoms with Crippen molar-refractivity contribution in [1.82, 2.24) is 19.7 Å². The molecular weight excluding hydrogens is 354 g/mol. The van der Waals surface area contributed by atoms with E-state index in [1.807, 2.05) is 0 Å². The number of aliphatic carboxylic acids is 1. The molecule has 2 atom stereocenters. The van der Waals surface area contributed by atoms with E-state index < -0.39 is 11.9 Å². The van der Waals surface area contributed by atoms with Crippen molar-refractivity contribution in [2.45, 2.75) is 45.7 Å². The second-order valence-corrected chi connectivity index (χ2v) is 6.99. The summed E-state index contributed by atoms with van der Waals surface area (Å²) in [6.45, 7) is 5.20. The Morgan fingerprint density at radius 1 is 1.30 bits per heavy atom. The van der Waals surface area contributed by atoms with Gasteiger partial charge in [0.2, 0.25) is 11.9 Å². The smallest absolute Gasteiger partial charge is 0.309 e. The molecule has 2 aliphatic rings. The van der Waals surface area contributed by atoms with Crippen molar-refractivity contribution in [1.29, 1.82) is 0 Å². The summed E-state index contributed by atoms with van der Waals surface area (Å²) >= 11 is 0. The van der Waals surface area contributed by atoms with Gasteiger partial charge in [0.15, 0.2) is 0 Å². The fourth-order valence-corrected chi connectivity index (χ4v) is 3.87. The van der Waals surface area contributed by atoms with E-state index in [-0.39, 0.29) is 36.2 Å². The van der Waals surface area contributed by atoms with Crippen molar-refractivity contribution in [2.75, 3.05) is 25.0 Å². The number of hydrogen-bond acceptors (Lipinski definition) is 7. The van der Waals surface area contributed by atoms with Gasteiger partial charge in [0.25, 0.3) is 0 Å². The number of fused-ring (bicyclic) bond motifs is 1. The molecule has 0 aromatic carbocycles. The number of piperidine rings is 1. The topological polar surface area (TPSA) is 127 Å². The summed E-state index contributed by atoms with van der Waals surface area (Å²) in [4.78, 5) is 41.3. The van der Waals surface area contributed by atoms with Crippen molar-refractivity contribution >= 4 is 23.8 Å². The molecule has 0 aliphatic carbocycles. The van der Waals surface area contributed by atoms with Crippen molar-refractivity contribution < 1.29 is 24.2 Å². The molecule has 3 heterocycles. The van der Waals surface area contributed by atoms with Gasteiger partial charge in [-0.25, -0.2) is 4.68 Å². The van der Waals surface area contributed by atoms with Crippen LogP contribution < -0.4 is 5.32 Å². The van der Waals surface area contributed by atoms with Gasteiger partial charge in [-0.3, -0.25) is 24.6 Å². The molecule has 1 aromatic heterocycles. The van der Waals surface area contributed by atoms with Gasteiger partial charge in [0, 0.05) is 19.4 Å². The summed E-state index contributed by atoms with van der Waals surface area (Å²) in [6, 6.07) is -0.231. The zero-order chi connectivity index (χ0) is 19.6. The normalized spacial score (nSPS) is 23.5. The average molecular weight is 379 g/mol. The number of nitrogens with zero attached hydrogens (tertiary/aromatic N) is 4. The number of anilines is 1. The minimum absolute atomic E-state index is 0.124. The highest BCUT2D eigenvalue weighted by molar-refractivity contribution is 5.86. The molecule has 2 aliphatic heterocycles. The lowest BCUT2D eigenvalue weighted by molar-refractivity contribution is -0.151. The fraction of sp³-hybridized carbons (Fsp3) is 0.706. The Bertz CT molecular complexity index is 725. The number of aromatic nitrogens is 3. The molecule has 148 valence electrons. The lowest BCUT2D eigenvalue weighted by Gasteiger charge is -2.41. The number of rotatable bonds is 5. The lowest BCUT2D eigenvalue weighted by Crippen LogP contribution is -2.53. The SMILES string of the molecule is CCOC(=O)C1CCN(C2Cn3nc(NC(C)=O)nc3CC2C(=O)O)CC1. The number of nitrogens with one attached hydrogen (secondary N) is 1. The Kier molecular flexibility index (Phi) is 5.73. The molecule has 0 bridgehead atoms. The number of carbonyl (C=O) groups excluding carboxylic acids is 2. The van der Waals surface area contributed by atoms with Gasteiger partial charge >= 0.3 is 11.9 Å². The number of hydrogen-bond donors (Lipinski definition) is 2. The van der Waals surface area contributed by atoms with E-state index in [0.717, 1.165) is 0 Å². The first-order valence-corrected chi connectivity index (χ1v) is 9.23. The Labute approximate surface area is 156 Å². The van der Waals surface area contributed by atoms with Crippen LogP contribution >= 0.6 is 0 Å². The molecule has 0 spiro atoms. The van der Waals surface area contributed by atoms with Gasteiger partial charge in [-0.15, -0.1) is 5.10 Å². The first-order valence-electron chi connectivity index (χ1n) is 9.23. The van der Waals surface area contributed by atoms with E-state index in [2.05, 4.69) is 20.3 Å². The molecule has 1 saturated heterocycles. The van der Waals surface area contributed by atoms with Gasteiger partial charge in [0.05, 0.1) is 25.0 Å². The third-order valence-corrected chi connectivity index (χ3v) is 5.20. The molecule has 1 amide bonds. The standard InChI is InChI=1S/C17H25N5O5/c1-3-27-16(26)11-4-6-21(7-5-11)13-9-22-14(8-12(13)15(24)25)19-17(20-22)18-10(2)23/h11-13H,3-9H2,1-2H3,(H,24,25)(H,18,20,23). The summed E-state index contributed by atoms with van der Waals surface area (Å²) < 4.78 is 6.77. The second-order valence-electron chi connectivity index (χ2n) is 6.99.